The van der Waals surface area contributed by atoms with Gasteiger partial charge in [0.15, 0.2) is 0 Å². The number of nitrogens with zero attached hydrogens (tertiary/aromatic N) is 3. The standard InChI is InChI=1S/C14H23N5S2/c1-5-10-8-11-12(19(3)9(2)6-7-20-4)16-14(18-15)17-13(11)21-10/h8-9H,5-7,15H2,1-4H3,(H,16,17,18). The molecule has 0 saturated heterocycles. The molecule has 2 rings (SSSR count). The van der Waals surface area contributed by atoms with Gasteiger partial charge < -0.3 is 4.90 Å². The lowest BCUT2D eigenvalue weighted by atomic mass is 10.2. The Morgan fingerprint density at radius 1 is 1.48 bits per heavy atom. The predicted molar refractivity (Wildman–Crippen MR) is 95.5 cm³/mol. The average Bonchev–Trinajstić information content (AvgIpc) is 2.93. The van der Waals surface area contributed by atoms with Gasteiger partial charge in [-0.05, 0) is 37.8 Å². The molecule has 0 aromatic carbocycles. The Morgan fingerprint density at radius 3 is 2.86 bits per heavy atom. The van der Waals surface area contributed by atoms with Gasteiger partial charge in [0.1, 0.15) is 10.6 Å². The summed E-state index contributed by atoms with van der Waals surface area (Å²) in [7, 11) is 2.09. The highest BCUT2D eigenvalue weighted by molar-refractivity contribution is 7.98. The summed E-state index contributed by atoms with van der Waals surface area (Å²) >= 11 is 3.58. The van der Waals surface area contributed by atoms with Gasteiger partial charge in [-0.15, -0.1) is 11.3 Å². The molecule has 2 heterocycles. The van der Waals surface area contributed by atoms with E-state index in [4.69, 9.17) is 5.84 Å². The monoisotopic (exact) mass is 325 g/mol. The molecule has 0 aliphatic rings. The highest BCUT2D eigenvalue weighted by Gasteiger charge is 2.18. The van der Waals surface area contributed by atoms with Gasteiger partial charge in [-0.3, -0.25) is 5.43 Å². The van der Waals surface area contributed by atoms with Crippen LogP contribution in [0.25, 0.3) is 10.2 Å². The van der Waals surface area contributed by atoms with Crippen molar-refractivity contribution in [1.82, 2.24) is 9.97 Å². The summed E-state index contributed by atoms with van der Waals surface area (Å²) in [6, 6.07) is 2.62. The zero-order valence-electron chi connectivity index (χ0n) is 13.0. The summed E-state index contributed by atoms with van der Waals surface area (Å²) < 4.78 is 0. The number of hydrogen-bond acceptors (Lipinski definition) is 7. The summed E-state index contributed by atoms with van der Waals surface area (Å²) in [5, 5.41) is 1.12. The van der Waals surface area contributed by atoms with Crippen LogP contribution in [0.15, 0.2) is 6.07 Å². The quantitative estimate of drug-likeness (QED) is 0.602. The summed E-state index contributed by atoms with van der Waals surface area (Å²) in [6.07, 6.45) is 4.27. The van der Waals surface area contributed by atoms with Crippen molar-refractivity contribution in [1.29, 1.82) is 0 Å². The molecule has 0 radical (unpaired) electrons. The Balaban J connectivity index is 2.42. The van der Waals surface area contributed by atoms with Crippen molar-refractivity contribution in [3.63, 3.8) is 0 Å². The SMILES string of the molecule is CCc1cc2c(N(C)C(C)CCSC)nc(NN)nc2s1. The van der Waals surface area contributed by atoms with E-state index >= 15 is 0 Å². The number of anilines is 2. The van der Waals surface area contributed by atoms with Gasteiger partial charge in [-0.25, -0.2) is 10.8 Å². The number of thioether (sulfide) groups is 1. The third-order valence-corrected chi connectivity index (χ3v) is 5.45. The molecule has 7 heteroatoms. The van der Waals surface area contributed by atoms with E-state index in [-0.39, 0.29) is 0 Å². The highest BCUT2D eigenvalue weighted by atomic mass is 32.2. The lowest BCUT2D eigenvalue weighted by molar-refractivity contribution is 0.664. The van der Waals surface area contributed by atoms with Crippen molar-refractivity contribution in [2.75, 3.05) is 29.4 Å². The molecule has 0 aliphatic heterocycles. The fourth-order valence-corrected chi connectivity index (χ4v) is 3.69. The van der Waals surface area contributed by atoms with Crippen molar-refractivity contribution in [3.8, 4) is 0 Å². The van der Waals surface area contributed by atoms with E-state index in [0.29, 0.717) is 12.0 Å². The fourth-order valence-electron chi connectivity index (χ4n) is 2.15. The van der Waals surface area contributed by atoms with Crippen molar-refractivity contribution in [2.24, 2.45) is 5.84 Å². The lowest BCUT2D eigenvalue weighted by Crippen LogP contribution is -2.30. The summed E-state index contributed by atoms with van der Waals surface area (Å²) in [4.78, 5) is 13.6. The number of rotatable bonds is 7. The highest BCUT2D eigenvalue weighted by Crippen LogP contribution is 2.32. The molecular weight excluding hydrogens is 302 g/mol. The van der Waals surface area contributed by atoms with Crippen molar-refractivity contribution < 1.29 is 0 Å². The summed E-state index contributed by atoms with van der Waals surface area (Å²) in [5.74, 6) is 8.09. The molecule has 1 unspecified atom stereocenters. The lowest BCUT2D eigenvalue weighted by Gasteiger charge is -2.26. The molecule has 0 bridgehead atoms. The van der Waals surface area contributed by atoms with Crippen LogP contribution in [0.4, 0.5) is 11.8 Å². The molecule has 21 heavy (non-hydrogen) atoms. The van der Waals surface area contributed by atoms with Crippen LogP contribution in [-0.2, 0) is 6.42 Å². The number of aryl methyl sites for hydroxylation is 1. The number of aromatic nitrogens is 2. The minimum atomic E-state index is 0.422. The van der Waals surface area contributed by atoms with Crippen molar-refractivity contribution in [2.45, 2.75) is 32.7 Å². The fraction of sp³-hybridized carbons (Fsp3) is 0.571. The molecule has 116 valence electrons. The third kappa shape index (κ3) is 3.59. The Hall–Kier alpha value is -1.05. The molecule has 0 fully saturated rings. The molecule has 0 spiro atoms. The van der Waals surface area contributed by atoms with Gasteiger partial charge >= 0.3 is 0 Å². The average molecular weight is 326 g/mol. The first kappa shape index (κ1) is 16.3. The Labute approximate surface area is 134 Å². The molecular formula is C14H23N5S2. The zero-order valence-corrected chi connectivity index (χ0v) is 14.6. The topological polar surface area (TPSA) is 67.1 Å². The van der Waals surface area contributed by atoms with Crippen molar-refractivity contribution in [3.05, 3.63) is 10.9 Å². The third-order valence-electron chi connectivity index (χ3n) is 3.64. The van der Waals surface area contributed by atoms with Crippen LogP contribution in [-0.4, -0.2) is 35.1 Å². The number of hydrogen-bond donors (Lipinski definition) is 2. The van der Waals surface area contributed by atoms with Gasteiger partial charge in [0.25, 0.3) is 0 Å². The number of hydrazine groups is 1. The molecule has 5 nitrogen and oxygen atoms in total. The van der Waals surface area contributed by atoms with Gasteiger partial charge in [0, 0.05) is 18.0 Å². The second kappa shape index (κ2) is 7.29. The van der Waals surface area contributed by atoms with Crippen molar-refractivity contribution >= 4 is 45.1 Å². The Bertz CT molecular complexity index is 598. The van der Waals surface area contributed by atoms with Gasteiger partial charge in [0.2, 0.25) is 5.95 Å². The number of nitrogens with one attached hydrogen (secondary N) is 1. The normalized spacial score (nSPS) is 12.6. The maximum atomic E-state index is 5.51. The van der Waals surface area contributed by atoms with Gasteiger partial charge in [-0.2, -0.15) is 16.7 Å². The van der Waals surface area contributed by atoms with E-state index in [0.717, 1.165) is 34.6 Å². The largest absolute Gasteiger partial charge is 0.356 e. The van der Waals surface area contributed by atoms with E-state index in [9.17, 15) is 0 Å². The number of fused-ring (bicyclic) bond motifs is 1. The molecule has 0 amide bonds. The van der Waals surface area contributed by atoms with E-state index in [1.807, 2.05) is 11.8 Å². The Morgan fingerprint density at radius 2 is 2.24 bits per heavy atom. The molecule has 1 atom stereocenters. The van der Waals surface area contributed by atoms with E-state index in [1.54, 1.807) is 11.3 Å². The van der Waals surface area contributed by atoms with Crippen LogP contribution in [0.5, 0.6) is 0 Å². The van der Waals surface area contributed by atoms with Gasteiger partial charge in [0.05, 0.1) is 5.39 Å². The predicted octanol–water partition coefficient (Wildman–Crippen LogP) is 3.12. The van der Waals surface area contributed by atoms with Crippen LogP contribution < -0.4 is 16.2 Å². The smallest absolute Gasteiger partial charge is 0.240 e. The van der Waals surface area contributed by atoms with Gasteiger partial charge in [-0.1, -0.05) is 6.92 Å². The van der Waals surface area contributed by atoms with Crippen LogP contribution in [0.3, 0.4) is 0 Å². The maximum Gasteiger partial charge on any atom is 0.240 e. The number of nitrogens with two attached hydrogens (primary N) is 1. The molecule has 2 aromatic heterocycles. The van der Waals surface area contributed by atoms with Crippen LogP contribution in [0.1, 0.15) is 25.1 Å². The first-order chi connectivity index (χ1) is 10.1. The molecule has 3 N–H and O–H groups in total. The zero-order chi connectivity index (χ0) is 15.4. The number of nitrogen functional groups attached to an aromatic ring is 1. The minimum Gasteiger partial charge on any atom is -0.356 e. The summed E-state index contributed by atoms with van der Waals surface area (Å²) in [5.41, 5.74) is 2.58. The van der Waals surface area contributed by atoms with E-state index in [1.165, 1.54) is 4.88 Å². The van der Waals surface area contributed by atoms with Crippen LogP contribution in [0.2, 0.25) is 0 Å². The minimum absolute atomic E-state index is 0.422. The number of thiophene rings is 1. The second-order valence-electron chi connectivity index (χ2n) is 5.04. The molecule has 0 aliphatic carbocycles. The van der Waals surface area contributed by atoms with Crippen LogP contribution in [0, 0.1) is 0 Å². The first-order valence-electron chi connectivity index (χ1n) is 7.09. The van der Waals surface area contributed by atoms with E-state index in [2.05, 4.69) is 53.5 Å². The second-order valence-corrected chi connectivity index (χ2v) is 7.14. The molecule has 0 saturated carbocycles. The van der Waals surface area contributed by atoms with Crippen LogP contribution >= 0.6 is 23.1 Å². The van der Waals surface area contributed by atoms with E-state index < -0.39 is 0 Å². The first-order valence-corrected chi connectivity index (χ1v) is 9.30. The Kier molecular flexibility index (Phi) is 5.66. The summed E-state index contributed by atoms with van der Waals surface area (Å²) in [6.45, 7) is 4.39. The molecule has 2 aromatic rings. The maximum absolute atomic E-state index is 5.51.